The summed E-state index contributed by atoms with van der Waals surface area (Å²) < 4.78 is 10.7. The van der Waals surface area contributed by atoms with Crippen molar-refractivity contribution in [1.82, 2.24) is 4.90 Å². The molecule has 1 heterocycles. The second kappa shape index (κ2) is 8.84. The van der Waals surface area contributed by atoms with Crippen molar-refractivity contribution in [2.75, 3.05) is 20.3 Å². The van der Waals surface area contributed by atoms with E-state index in [1.165, 1.54) is 16.7 Å². The number of ether oxygens (including phenoxy) is 2. The SMILES string of the molecule is CCCCOC(=O)CN1C(=O)/C(=C/c2ccccc2OC)SC1=S. The molecule has 1 saturated heterocycles. The molecule has 1 amide bonds. The number of hydrogen-bond donors (Lipinski definition) is 0. The van der Waals surface area contributed by atoms with E-state index in [0.717, 1.165) is 18.4 Å². The molecule has 1 aromatic carbocycles. The summed E-state index contributed by atoms with van der Waals surface area (Å²) in [5.74, 6) is -0.0663. The van der Waals surface area contributed by atoms with Crippen LogP contribution in [0, 0.1) is 0 Å². The topological polar surface area (TPSA) is 55.8 Å². The Bertz CT molecular complexity index is 672. The molecule has 2 rings (SSSR count). The second-order valence-corrected chi connectivity index (χ2v) is 6.76. The van der Waals surface area contributed by atoms with Gasteiger partial charge in [-0.2, -0.15) is 0 Å². The number of unbranched alkanes of at least 4 members (excludes halogenated alkanes) is 1. The molecule has 0 bridgehead atoms. The van der Waals surface area contributed by atoms with Crippen LogP contribution in [0.2, 0.25) is 0 Å². The standard InChI is InChI=1S/C17H19NO4S2/c1-3-4-9-22-15(19)11-18-16(20)14(24-17(18)23)10-12-7-5-6-8-13(12)21-2/h5-8,10H,3-4,9,11H2,1-2H3/b14-10-. The van der Waals surface area contributed by atoms with Crippen LogP contribution < -0.4 is 4.74 Å². The van der Waals surface area contributed by atoms with Crippen molar-refractivity contribution < 1.29 is 19.1 Å². The summed E-state index contributed by atoms with van der Waals surface area (Å²) in [6, 6.07) is 7.38. The maximum Gasteiger partial charge on any atom is 0.326 e. The number of rotatable bonds is 7. The van der Waals surface area contributed by atoms with Crippen LogP contribution in [-0.4, -0.2) is 41.4 Å². The number of para-hydroxylation sites is 1. The van der Waals surface area contributed by atoms with Crippen molar-refractivity contribution in [1.29, 1.82) is 0 Å². The molecule has 0 N–H and O–H groups in total. The van der Waals surface area contributed by atoms with Crippen LogP contribution in [-0.2, 0) is 14.3 Å². The third kappa shape index (κ3) is 4.58. The van der Waals surface area contributed by atoms with Crippen LogP contribution in [0.25, 0.3) is 6.08 Å². The van der Waals surface area contributed by atoms with Crippen LogP contribution in [0.4, 0.5) is 0 Å². The summed E-state index contributed by atoms with van der Waals surface area (Å²) in [7, 11) is 1.57. The normalized spacial score (nSPS) is 15.9. The van der Waals surface area contributed by atoms with E-state index in [1.54, 1.807) is 13.2 Å². The Kier molecular flexibility index (Phi) is 6.81. The van der Waals surface area contributed by atoms with Gasteiger partial charge in [-0.05, 0) is 18.6 Å². The van der Waals surface area contributed by atoms with Crippen molar-refractivity contribution in [3.63, 3.8) is 0 Å². The minimum atomic E-state index is -0.446. The number of thiocarbonyl (C=S) groups is 1. The lowest BCUT2D eigenvalue weighted by atomic mass is 10.2. The van der Waals surface area contributed by atoms with Crippen LogP contribution in [0.3, 0.4) is 0 Å². The maximum absolute atomic E-state index is 12.5. The van der Waals surface area contributed by atoms with Gasteiger partial charge in [0.15, 0.2) is 0 Å². The van der Waals surface area contributed by atoms with Gasteiger partial charge in [-0.1, -0.05) is 55.5 Å². The third-order valence-electron chi connectivity index (χ3n) is 3.35. The Hall–Kier alpha value is -1.86. The quantitative estimate of drug-likeness (QED) is 0.320. The molecule has 7 heteroatoms. The Balaban J connectivity index is 2.08. The average molecular weight is 365 g/mol. The lowest BCUT2D eigenvalue weighted by molar-refractivity contribution is -0.146. The Morgan fingerprint density at radius 1 is 1.38 bits per heavy atom. The Labute approximate surface area is 151 Å². The van der Waals surface area contributed by atoms with E-state index in [1.807, 2.05) is 31.2 Å². The minimum absolute atomic E-state index is 0.155. The molecular weight excluding hydrogens is 346 g/mol. The van der Waals surface area contributed by atoms with Gasteiger partial charge in [0, 0.05) is 5.56 Å². The Morgan fingerprint density at radius 2 is 2.12 bits per heavy atom. The molecule has 24 heavy (non-hydrogen) atoms. The molecular formula is C17H19NO4S2. The van der Waals surface area contributed by atoms with E-state index < -0.39 is 5.97 Å². The summed E-state index contributed by atoms with van der Waals surface area (Å²) in [6.45, 7) is 2.22. The molecule has 0 radical (unpaired) electrons. The van der Waals surface area contributed by atoms with Crippen molar-refractivity contribution in [3.8, 4) is 5.75 Å². The van der Waals surface area contributed by atoms with Gasteiger partial charge in [0.05, 0.1) is 18.6 Å². The first-order valence-electron chi connectivity index (χ1n) is 7.60. The molecule has 128 valence electrons. The zero-order valence-electron chi connectivity index (χ0n) is 13.6. The molecule has 0 spiro atoms. The fourth-order valence-corrected chi connectivity index (χ4v) is 3.31. The number of hydrogen-bond acceptors (Lipinski definition) is 6. The van der Waals surface area contributed by atoms with E-state index in [0.29, 0.717) is 21.6 Å². The highest BCUT2D eigenvalue weighted by Crippen LogP contribution is 2.34. The van der Waals surface area contributed by atoms with Crippen LogP contribution >= 0.6 is 24.0 Å². The smallest absolute Gasteiger partial charge is 0.326 e. The summed E-state index contributed by atoms with van der Waals surface area (Å²) in [5, 5.41) is 0. The van der Waals surface area contributed by atoms with Gasteiger partial charge in [-0.15, -0.1) is 0 Å². The molecule has 1 aliphatic heterocycles. The lowest BCUT2D eigenvalue weighted by Crippen LogP contribution is -2.34. The zero-order valence-corrected chi connectivity index (χ0v) is 15.2. The molecule has 5 nitrogen and oxygen atoms in total. The predicted molar refractivity (Wildman–Crippen MR) is 98.7 cm³/mol. The zero-order chi connectivity index (χ0) is 17.5. The number of thioether (sulfide) groups is 1. The van der Waals surface area contributed by atoms with Crippen molar-refractivity contribution in [2.24, 2.45) is 0 Å². The first-order chi connectivity index (χ1) is 11.6. The van der Waals surface area contributed by atoms with Crippen LogP contribution in [0.5, 0.6) is 5.75 Å². The van der Waals surface area contributed by atoms with Crippen molar-refractivity contribution in [2.45, 2.75) is 19.8 Å². The van der Waals surface area contributed by atoms with Gasteiger partial charge in [-0.3, -0.25) is 14.5 Å². The maximum atomic E-state index is 12.5. The largest absolute Gasteiger partial charge is 0.496 e. The number of carbonyl (C=O) groups is 2. The van der Waals surface area contributed by atoms with Gasteiger partial charge in [0.1, 0.15) is 16.6 Å². The molecule has 0 atom stereocenters. The highest BCUT2D eigenvalue weighted by Gasteiger charge is 2.33. The minimum Gasteiger partial charge on any atom is -0.496 e. The van der Waals surface area contributed by atoms with Gasteiger partial charge in [0.25, 0.3) is 5.91 Å². The molecule has 0 aromatic heterocycles. The highest BCUT2D eigenvalue weighted by atomic mass is 32.2. The average Bonchev–Trinajstić information content (AvgIpc) is 2.83. The molecule has 1 aliphatic rings. The van der Waals surface area contributed by atoms with Crippen molar-refractivity contribution in [3.05, 3.63) is 34.7 Å². The molecule has 0 aliphatic carbocycles. The fourth-order valence-electron chi connectivity index (χ4n) is 2.07. The number of esters is 1. The first-order valence-corrected chi connectivity index (χ1v) is 8.83. The number of benzene rings is 1. The molecule has 0 unspecified atom stereocenters. The van der Waals surface area contributed by atoms with Gasteiger partial charge >= 0.3 is 5.97 Å². The molecule has 1 aromatic rings. The Morgan fingerprint density at radius 3 is 2.83 bits per heavy atom. The summed E-state index contributed by atoms with van der Waals surface area (Å²) >= 11 is 6.39. The fraction of sp³-hybridized carbons (Fsp3) is 0.353. The predicted octanol–water partition coefficient (Wildman–Crippen LogP) is 3.24. The van der Waals surface area contributed by atoms with Crippen molar-refractivity contribution >= 4 is 46.3 Å². The summed E-state index contributed by atoms with van der Waals surface area (Å²) in [6.07, 6.45) is 3.47. The summed E-state index contributed by atoms with van der Waals surface area (Å²) in [4.78, 5) is 26.0. The van der Waals surface area contributed by atoms with E-state index >= 15 is 0 Å². The van der Waals surface area contributed by atoms with E-state index in [-0.39, 0.29) is 12.5 Å². The van der Waals surface area contributed by atoms with E-state index in [4.69, 9.17) is 21.7 Å². The third-order valence-corrected chi connectivity index (χ3v) is 4.73. The first kappa shape index (κ1) is 18.5. The van der Waals surface area contributed by atoms with Crippen LogP contribution in [0.1, 0.15) is 25.3 Å². The highest BCUT2D eigenvalue weighted by molar-refractivity contribution is 8.26. The number of amides is 1. The van der Waals surface area contributed by atoms with Gasteiger partial charge in [0.2, 0.25) is 0 Å². The lowest BCUT2D eigenvalue weighted by Gasteiger charge is -2.13. The van der Waals surface area contributed by atoms with Crippen LogP contribution in [0.15, 0.2) is 29.2 Å². The monoisotopic (exact) mass is 365 g/mol. The molecule has 1 fully saturated rings. The number of carbonyl (C=O) groups excluding carboxylic acids is 2. The van der Waals surface area contributed by atoms with Gasteiger partial charge in [-0.25, -0.2) is 0 Å². The van der Waals surface area contributed by atoms with E-state index in [2.05, 4.69) is 0 Å². The number of methoxy groups -OCH3 is 1. The van der Waals surface area contributed by atoms with Gasteiger partial charge < -0.3 is 9.47 Å². The number of nitrogens with zero attached hydrogens (tertiary/aromatic N) is 1. The molecule has 0 saturated carbocycles. The van der Waals surface area contributed by atoms with E-state index in [9.17, 15) is 9.59 Å². The second-order valence-electron chi connectivity index (χ2n) is 5.08. The summed E-state index contributed by atoms with van der Waals surface area (Å²) in [5.41, 5.74) is 0.783.